The number of carbonyl (C=O) groups is 1. The van der Waals surface area contributed by atoms with E-state index in [1.165, 1.54) is 33.1 Å². The van der Waals surface area contributed by atoms with E-state index in [-0.39, 0.29) is 6.61 Å². The topological polar surface area (TPSA) is 79.8 Å². The third kappa shape index (κ3) is 2.73. The average molecular weight is 348 g/mol. The van der Waals surface area contributed by atoms with Crippen molar-refractivity contribution < 1.29 is 23.7 Å². The van der Waals surface area contributed by atoms with Crippen LogP contribution in [0.15, 0.2) is 23.6 Å². The van der Waals surface area contributed by atoms with E-state index in [0.717, 1.165) is 0 Å². The third-order valence-electron chi connectivity index (χ3n) is 3.62. The number of rotatable bonds is 6. The quantitative estimate of drug-likeness (QED) is 0.447. The first-order valence-electron chi connectivity index (χ1n) is 7.11. The molecule has 0 saturated heterocycles. The van der Waals surface area contributed by atoms with Crippen molar-refractivity contribution in [3.8, 4) is 17.2 Å². The first kappa shape index (κ1) is 16.4. The van der Waals surface area contributed by atoms with E-state index in [1.807, 2.05) is 0 Å². The number of ether oxygens (including phenoxy) is 4. The molecule has 0 bridgehead atoms. The third-order valence-corrected chi connectivity index (χ3v) is 4.52. The highest BCUT2D eigenvalue weighted by molar-refractivity contribution is 7.98. The van der Waals surface area contributed by atoms with Gasteiger partial charge in [0.05, 0.1) is 32.5 Å². The van der Waals surface area contributed by atoms with E-state index in [1.54, 1.807) is 18.5 Å². The minimum absolute atomic E-state index is 0.150. The lowest BCUT2D eigenvalue weighted by molar-refractivity contribution is 0.0533. The zero-order chi connectivity index (χ0) is 17.1. The average Bonchev–Trinajstić information content (AvgIpc) is 3.00. The summed E-state index contributed by atoms with van der Waals surface area (Å²) in [5.41, 5.74) is 1.82. The van der Waals surface area contributed by atoms with E-state index in [0.29, 0.717) is 44.8 Å². The molecule has 3 rings (SSSR count). The largest absolute Gasteiger partial charge is 0.492 e. The Balaban J connectivity index is 2.10. The molecule has 1 aromatic carbocycles. The number of hydrogen-bond acceptors (Lipinski definition) is 8. The molecule has 0 amide bonds. The second kappa shape index (κ2) is 6.96. The van der Waals surface area contributed by atoms with E-state index in [9.17, 15) is 4.79 Å². The van der Waals surface area contributed by atoms with E-state index in [4.69, 9.17) is 18.9 Å². The van der Waals surface area contributed by atoms with Gasteiger partial charge >= 0.3 is 5.97 Å². The van der Waals surface area contributed by atoms with Crippen LogP contribution in [0.1, 0.15) is 21.5 Å². The highest BCUT2D eigenvalue weighted by Crippen LogP contribution is 2.48. The highest BCUT2D eigenvalue weighted by atomic mass is 32.2. The minimum atomic E-state index is -0.395. The molecule has 0 fully saturated rings. The number of fused-ring (bicyclic) bond motifs is 1. The number of nitrogens with zero attached hydrogens (tertiary/aromatic N) is 2. The number of esters is 1. The number of thioether (sulfide) groups is 1. The molecule has 0 radical (unpaired) electrons. The number of benzene rings is 1. The van der Waals surface area contributed by atoms with Gasteiger partial charge in [-0.3, -0.25) is 0 Å². The predicted octanol–water partition coefficient (Wildman–Crippen LogP) is 2.47. The van der Waals surface area contributed by atoms with Crippen molar-refractivity contribution in [3.05, 3.63) is 35.2 Å². The summed E-state index contributed by atoms with van der Waals surface area (Å²) in [5.74, 6) is 1.40. The van der Waals surface area contributed by atoms with Crippen LogP contribution in [-0.2, 0) is 17.1 Å². The Bertz CT molecular complexity index is 767. The molecule has 2 aromatic rings. The first-order chi connectivity index (χ1) is 11.7. The fourth-order valence-electron chi connectivity index (χ4n) is 2.63. The molecule has 0 aliphatic carbocycles. The SMILES string of the molecule is COc1c2c(c(CSc3ncccn3)c(OC)c1OC)C(=O)OC2. The Morgan fingerprint density at radius 3 is 2.38 bits per heavy atom. The van der Waals surface area contributed by atoms with Crippen LogP contribution >= 0.6 is 11.8 Å². The summed E-state index contributed by atoms with van der Waals surface area (Å²) in [6, 6.07) is 1.75. The van der Waals surface area contributed by atoms with Gasteiger partial charge in [-0.25, -0.2) is 14.8 Å². The van der Waals surface area contributed by atoms with Crippen molar-refractivity contribution in [2.45, 2.75) is 17.5 Å². The van der Waals surface area contributed by atoms with Crippen LogP contribution in [-0.4, -0.2) is 37.3 Å². The van der Waals surface area contributed by atoms with Crippen LogP contribution in [0.4, 0.5) is 0 Å². The van der Waals surface area contributed by atoms with Gasteiger partial charge in [0.15, 0.2) is 16.7 Å². The molecule has 24 heavy (non-hydrogen) atoms. The number of aromatic nitrogens is 2. The van der Waals surface area contributed by atoms with Crippen LogP contribution in [0.25, 0.3) is 0 Å². The second-order valence-electron chi connectivity index (χ2n) is 4.83. The van der Waals surface area contributed by atoms with Crippen molar-refractivity contribution >= 4 is 17.7 Å². The Labute approximate surface area is 143 Å². The Morgan fingerprint density at radius 1 is 1.08 bits per heavy atom. The van der Waals surface area contributed by atoms with Crippen molar-refractivity contribution in [2.24, 2.45) is 0 Å². The summed E-state index contributed by atoms with van der Waals surface area (Å²) in [6.45, 7) is 0.150. The Morgan fingerprint density at radius 2 is 1.75 bits per heavy atom. The minimum Gasteiger partial charge on any atom is -0.492 e. The fourth-order valence-corrected chi connectivity index (χ4v) is 3.45. The van der Waals surface area contributed by atoms with Gasteiger partial charge in [-0.05, 0) is 6.07 Å². The summed E-state index contributed by atoms with van der Waals surface area (Å²) in [7, 11) is 4.57. The van der Waals surface area contributed by atoms with Gasteiger partial charge in [-0.15, -0.1) is 0 Å². The zero-order valence-electron chi connectivity index (χ0n) is 13.5. The highest BCUT2D eigenvalue weighted by Gasteiger charge is 2.35. The fraction of sp³-hybridized carbons (Fsp3) is 0.312. The lowest BCUT2D eigenvalue weighted by Gasteiger charge is -2.18. The van der Waals surface area contributed by atoms with Crippen molar-refractivity contribution in [2.75, 3.05) is 21.3 Å². The molecule has 126 valence electrons. The predicted molar refractivity (Wildman–Crippen MR) is 86.8 cm³/mol. The van der Waals surface area contributed by atoms with Crippen LogP contribution in [0.3, 0.4) is 0 Å². The van der Waals surface area contributed by atoms with Crippen LogP contribution < -0.4 is 14.2 Å². The van der Waals surface area contributed by atoms with Crippen LogP contribution in [0.5, 0.6) is 17.2 Å². The second-order valence-corrected chi connectivity index (χ2v) is 5.77. The molecular formula is C16H16N2O5S. The standard InChI is InChI=1S/C16H16N2O5S/c1-20-12-9-7-23-15(19)11(9)10(13(21-2)14(12)22-3)8-24-16-17-5-4-6-18-16/h4-6H,7-8H2,1-3H3. The van der Waals surface area contributed by atoms with Gasteiger partial charge in [0.25, 0.3) is 0 Å². The van der Waals surface area contributed by atoms with E-state index >= 15 is 0 Å². The molecule has 1 aromatic heterocycles. The first-order valence-corrected chi connectivity index (χ1v) is 8.10. The van der Waals surface area contributed by atoms with Gasteiger partial charge in [-0.2, -0.15) is 0 Å². The van der Waals surface area contributed by atoms with Crippen molar-refractivity contribution in [1.82, 2.24) is 9.97 Å². The van der Waals surface area contributed by atoms with Gasteiger partial charge in [-0.1, -0.05) is 11.8 Å². The normalized spacial score (nSPS) is 12.5. The molecular weight excluding hydrogens is 332 g/mol. The molecule has 0 atom stereocenters. The van der Waals surface area contributed by atoms with E-state index < -0.39 is 5.97 Å². The summed E-state index contributed by atoms with van der Waals surface area (Å²) in [5, 5.41) is 0.606. The monoisotopic (exact) mass is 348 g/mol. The summed E-state index contributed by atoms with van der Waals surface area (Å²) < 4.78 is 21.6. The van der Waals surface area contributed by atoms with Crippen LogP contribution in [0.2, 0.25) is 0 Å². The number of cyclic esters (lactones) is 1. The Kier molecular flexibility index (Phi) is 4.75. The van der Waals surface area contributed by atoms with Gasteiger partial charge < -0.3 is 18.9 Å². The van der Waals surface area contributed by atoms with Crippen molar-refractivity contribution in [1.29, 1.82) is 0 Å². The zero-order valence-corrected chi connectivity index (χ0v) is 14.3. The molecule has 1 aliphatic heterocycles. The number of hydrogen-bond donors (Lipinski definition) is 0. The maximum Gasteiger partial charge on any atom is 0.339 e. The van der Waals surface area contributed by atoms with Gasteiger partial charge in [0, 0.05) is 23.7 Å². The van der Waals surface area contributed by atoms with Crippen molar-refractivity contribution in [3.63, 3.8) is 0 Å². The Hall–Kier alpha value is -2.48. The number of methoxy groups -OCH3 is 3. The summed E-state index contributed by atoms with van der Waals surface area (Å²) >= 11 is 1.40. The smallest absolute Gasteiger partial charge is 0.339 e. The number of carbonyl (C=O) groups excluding carboxylic acids is 1. The maximum atomic E-state index is 12.2. The molecule has 0 unspecified atom stereocenters. The molecule has 8 heteroatoms. The molecule has 0 spiro atoms. The van der Waals surface area contributed by atoms with Crippen LogP contribution in [0, 0.1) is 0 Å². The van der Waals surface area contributed by atoms with Gasteiger partial charge in [0.2, 0.25) is 5.75 Å². The lowest BCUT2D eigenvalue weighted by Crippen LogP contribution is -2.07. The van der Waals surface area contributed by atoms with Gasteiger partial charge in [0.1, 0.15) is 6.61 Å². The maximum absolute atomic E-state index is 12.2. The molecule has 7 nitrogen and oxygen atoms in total. The lowest BCUT2D eigenvalue weighted by atomic mass is 10.0. The summed E-state index contributed by atoms with van der Waals surface area (Å²) in [6.07, 6.45) is 3.33. The molecule has 1 aliphatic rings. The molecule has 0 N–H and O–H groups in total. The molecule has 0 saturated carbocycles. The summed E-state index contributed by atoms with van der Waals surface area (Å²) in [4.78, 5) is 20.6. The van der Waals surface area contributed by atoms with E-state index in [2.05, 4.69) is 9.97 Å². The molecule has 2 heterocycles.